The third kappa shape index (κ3) is 3.20. The standard InChI is InChI=1S/C14H22N2O/c1-3-15-10-12-4-6-13(7-5-12)16-9-8-14(2,17)11-16/h4-7,15,17H,3,8-11H2,1-2H3. The Balaban J connectivity index is 1.98. The Kier molecular flexibility index (Phi) is 3.69. The average molecular weight is 234 g/mol. The molecule has 2 N–H and O–H groups in total. The smallest absolute Gasteiger partial charge is 0.0810 e. The SMILES string of the molecule is CCNCc1ccc(N2CCC(C)(O)C2)cc1. The zero-order valence-corrected chi connectivity index (χ0v) is 10.7. The molecule has 0 aromatic heterocycles. The Morgan fingerprint density at radius 2 is 2.06 bits per heavy atom. The van der Waals surface area contributed by atoms with Crippen molar-refractivity contribution in [2.45, 2.75) is 32.4 Å². The summed E-state index contributed by atoms with van der Waals surface area (Å²) in [6.07, 6.45) is 0.853. The minimum atomic E-state index is -0.525. The highest BCUT2D eigenvalue weighted by molar-refractivity contribution is 5.49. The molecule has 1 saturated heterocycles. The van der Waals surface area contributed by atoms with E-state index in [0.717, 1.165) is 32.6 Å². The monoisotopic (exact) mass is 234 g/mol. The van der Waals surface area contributed by atoms with Gasteiger partial charge < -0.3 is 15.3 Å². The van der Waals surface area contributed by atoms with Crippen LogP contribution in [0.4, 0.5) is 5.69 Å². The van der Waals surface area contributed by atoms with Crippen molar-refractivity contribution in [2.24, 2.45) is 0 Å². The molecule has 3 nitrogen and oxygen atoms in total. The fourth-order valence-electron chi connectivity index (χ4n) is 2.26. The minimum absolute atomic E-state index is 0.525. The van der Waals surface area contributed by atoms with Crippen LogP contribution in [-0.4, -0.2) is 30.3 Å². The maximum atomic E-state index is 9.95. The molecular formula is C14H22N2O. The van der Waals surface area contributed by atoms with Crippen LogP contribution in [-0.2, 0) is 6.54 Å². The van der Waals surface area contributed by atoms with Gasteiger partial charge in [0.15, 0.2) is 0 Å². The highest BCUT2D eigenvalue weighted by Gasteiger charge is 2.31. The Morgan fingerprint density at radius 3 is 2.59 bits per heavy atom. The van der Waals surface area contributed by atoms with Crippen LogP contribution >= 0.6 is 0 Å². The van der Waals surface area contributed by atoms with E-state index >= 15 is 0 Å². The van der Waals surface area contributed by atoms with Crippen molar-refractivity contribution >= 4 is 5.69 Å². The van der Waals surface area contributed by atoms with Crippen LogP contribution in [0.15, 0.2) is 24.3 Å². The van der Waals surface area contributed by atoms with Crippen molar-refractivity contribution in [3.05, 3.63) is 29.8 Å². The van der Waals surface area contributed by atoms with E-state index in [1.54, 1.807) is 0 Å². The minimum Gasteiger partial charge on any atom is -0.388 e. The topological polar surface area (TPSA) is 35.5 Å². The Hall–Kier alpha value is -1.06. The van der Waals surface area contributed by atoms with E-state index in [0.29, 0.717) is 0 Å². The molecule has 1 heterocycles. The summed E-state index contributed by atoms with van der Waals surface area (Å²) in [6, 6.07) is 8.61. The quantitative estimate of drug-likeness (QED) is 0.833. The van der Waals surface area contributed by atoms with Gasteiger partial charge in [0, 0.05) is 25.3 Å². The molecule has 1 atom stereocenters. The number of aliphatic hydroxyl groups is 1. The Morgan fingerprint density at radius 1 is 1.35 bits per heavy atom. The zero-order valence-electron chi connectivity index (χ0n) is 10.7. The number of nitrogens with zero attached hydrogens (tertiary/aromatic N) is 1. The molecule has 17 heavy (non-hydrogen) atoms. The molecule has 0 spiro atoms. The van der Waals surface area contributed by atoms with Gasteiger partial charge in [-0.15, -0.1) is 0 Å². The molecule has 0 bridgehead atoms. The molecule has 0 aliphatic carbocycles. The fraction of sp³-hybridized carbons (Fsp3) is 0.571. The van der Waals surface area contributed by atoms with Crippen LogP contribution in [0.2, 0.25) is 0 Å². The number of rotatable bonds is 4. The van der Waals surface area contributed by atoms with E-state index in [1.807, 2.05) is 6.92 Å². The molecule has 1 aliphatic heterocycles. The lowest BCUT2D eigenvalue weighted by Gasteiger charge is -2.21. The second-order valence-electron chi connectivity index (χ2n) is 5.12. The van der Waals surface area contributed by atoms with E-state index in [2.05, 4.69) is 41.4 Å². The van der Waals surface area contributed by atoms with E-state index in [-0.39, 0.29) is 0 Å². The number of hydrogen-bond donors (Lipinski definition) is 2. The van der Waals surface area contributed by atoms with Gasteiger partial charge in [0.05, 0.1) is 5.60 Å². The molecule has 3 heteroatoms. The predicted octanol–water partition coefficient (Wildman–Crippen LogP) is 1.76. The summed E-state index contributed by atoms with van der Waals surface area (Å²) in [6.45, 7) is 7.62. The summed E-state index contributed by atoms with van der Waals surface area (Å²) in [5, 5.41) is 13.3. The number of hydrogen-bond acceptors (Lipinski definition) is 3. The molecule has 1 aromatic carbocycles. The number of nitrogens with one attached hydrogen (secondary N) is 1. The Labute approximate surface area is 103 Å². The second kappa shape index (κ2) is 5.07. The predicted molar refractivity (Wildman–Crippen MR) is 71.3 cm³/mol. The first kappa shape index (κ1) is 12.4. The number of β-amino-alcohol motifs (C(OH)–C–C–N with tert-alkyl or cyclic N) is 1. The van der Waals surface area contributed by atoms with Crippen molar-refractivity contribution in [1.82, 2.24) is 5.32 Å². The highest BCUT2D eigenvalue weighted by atomic mass is 16.3. The molecule has 1 aliphatic rings. The third-order valence-electron chi connectivity index (χ3n) is 3.33. The van der Waals surface area contributed by atoms with E-state index < -0.39 is 5.60 Å². The zero-order chi connectivity index (χ0) is 12.3. The van der Waals surface area contributed by atoms with Crippen LogP contribution in [0.3, 0.4) is 0 Å². The molecule has 0 saturated carbocycles. The van der Waals surface area contributed by atoms with Crippen molar-refractivity contribution in [3.8, 4) is 0 Å². The normalized spacial score (nSPS) is 24.3. The van der Waals surface area contributed by atoms with Crippen molar-refractivity contribution in [1.29, 1.82) is 0 Å². The lowest BCUT2D eigenvalue weighted by Crippen LogP contribution is -2.29. The molecule has 1 unspecified atom stereocenters. The summed E-state index contributed by atoms with van der Waals surface area (Å²) in [4.78, 5) is 2.25. The van der Waals surface area contributed by atoms with Gasteiger partial charge in [0.1, 0.15) is 0 Å². The van der Waals surface area contributed by atoms with Gasteiger partial charge in [-0.2, -0.15) is 0 Å². The number of benzene rings is 1. The molecule has 2 rings (SSSR count). The summed E-state index contributed by atoms with van der Waals surface area (Å²) in [7, 11) is 0. The van der Waals surface area contributed by atoms with Crippen LogP contribution in [0, 0.1) is 0 Å². The largest absolute Gasteiger partial charge is 0.388 e. The van der Waals surface area contributed by atoms with Gasteiger partial charge in [-0.3, -0.25) is 0 Å². The third-order valence-corrected chi connectivity index (χ3v) is 3.33. The fourth-order valence-corrected chi connectivity index (χ4v) is 2.26. The van der Waals surface area contributed by atoms with Crippen molar-refractivity contribution in [3.63, 3.8) is 0 Å². The van der Waals surface area contributed by atoms with Gasteiger partial charge in [0.25, 0.3) is 0 Å². The molecular weight excluding hydrogens is 212 g/mol. The summed E-state index contributed by atoms with van der Waals surface area (Å²) < 4.78 is 0. The van der Waals surface area contributed by atoms with Gasteiger partial charge in [0.2, 0.25) is 0 Å². The molecule has 1 aromatic rings. The van der Waals surface area contributed by atoms with Crippen LogP contribution in [0.5, 0.6) is 0 Å². The average Bonchev–Trinajstić information content (AvgIpc) is 2.68. The summed E-state index contributed by atoms with van der Waals surface area (Å²) in [5.74, 6) is 0. The lowest BCUT2D eigenvalue weighted by molar-refractivity contribution is 0.0839. The first-order valence-corrected chi connectivity index (χ1v) is 6.38. The molecule has 0 amide bonds. The Bertz CT molecular complexity index is 359. The molecule has 1 fully saturated rings. The van der Waals surface area contributed by atoms with Crippen molar-refractivity contribution in [2.75, 3.05) is 24.5 Å². The lowest BCUT2D eigenvalue weighted by atomic mass is 10.1. The first-order valence-electron chi connectivity index (χ1n) is 6.38. The first-order chi connectivity index (χ1) is 8.11. The summed E-state index contributed by atoms with van der Waals surface area (Å²) in [5.41, 5.74) is 1.99. The maximum Gasteiger partial charge on any atom is 0.0810 e. The highest BCUT2D eigenvalue weighted by Crippen LogP contribution is 2.26. The van der Waals surface area contributed by atoms with Gasteiger partial charge in [-0.05, 0) is 37.6 Å². The van der Waals surface area contributed by atoms with Crippen LogP contribution in [0.1, 0.15) is 25.8 Å². The molecule has 94 valence electrons. The van der Waals surface area contributed by atoms with Crippen LogP contribution < -0.4 is 10.2 Å². The van der Waals surface area contributed by atoms with E-state index in [9.17, 15) is 5.11 Å². The number of anilines is 1. The van der Waals surface area contributed by atoms with Gasteiger partial charge in [-0.1, -0.05) is 19.1 Å². The summed E-state index contributed by atoms with van der Waals surface area (Å²) >= 11 is 0. The second-order valence-corrected chi connectivity index (χ2v) is 5.12. The molecule has 0 radical (unpaired) electrons. The van der Waals surface area contributed by atoms with E-state index in [4.69, 9.17) is 0 Å². The van der Waals surface area contributed by atoms with Crippen LogP contribution in [0.25, 0.3) is 0 Å². The van der Waals surface area contributed by atoms with Gasteiger partial charge >= 0.3 is 0 Å². The van der Waals surface area contributed by atoms with Gasteiger partial charge in [-0.25, -0.2) is 0 Å². The van der Waals surface area contributed by atoms with E-state index in [1.165, 1.54) is 11.3 Å². The maximum absolute atomic E-state index is 9.95. The van der Waals surface area contributed by atoms with Crippen molar-refractivity contribution < 1.29 is 5.11 Å².